The lowest BCUT2D eigenvalue weighted by molar-refractivity contribution is -0.124. The van der Waals surface area contributed by atoms with Crippen molar-refractivity contribution in [3.8, 4) is 17.2 Å². The summed E-state index contributed by atoms with van der Waals surface area (Å²) in [7, 11) is 2.86. The molecule has 0 radical (unpaired) electrons. The van der Waals surface area contributed by atoms with E-state index in [1.165, 1.54) is 44.1 Å². The number of carbonyl (C=O) groups is 2. The van der Waals surface area contributed by atoms with E-state index < -0.39 is 11.8 Å². The van der Waals surface area contributed by atoms with Gasteiger partial charge in [0.25, 0.3) is 11.8 Å². The van der Waals surface area contributed by atoms with E-state index in [1.807, 2.05) is 0 Å². The van der Waals surface area contributed by atoms with Gasteiger partial charge in [0.2, 0.25) is 0 Å². The molecule has 9 nitrogen and oxygen atoms in total. The molecule has 28 heavy (non-hydrogen) atoms. The van der Waals surface area contributed by atoms with E-state index in [0.29, 0.717) is 28.2 Å². The minimum Gasteiger partial charge on any atom is -0.508 e. The van der Waals surface area contributed by atoms with Crippen molar-refractivity contribution in [2.24, 2.45) is 5.10 Å². The number of hydroxylamine groups is 1. The van der Waals surface area contributed by atoms with Crippen LogP contribution in [0.4, 0.5) is 0 Å². The van der Waals surface area contributed by atoms with E-state index in [-0.39, 0.29) is 5.75 Å². The van der Waals surface area contributed by atoms with E-state index in [1.54, 1.807) is 24.3 Å². The van der Waals surface area contributed by atoms with Crippen molar-refractivity contribution in [3.63, 3.8) is 0 Å². The average molecular weight is 385 g/mol. The highest BCUT2D eigenvalue weighted by molar-refractivity contribution is 5.96. The van der Waals surface area contributed by atoms with Crippen LogP contribution in [0, 0.1) is 0 Å². The fourth-order valence-electron chi connectivity index (χ4n) is 2.26. The Labute approximate surface area is 160 Å². The Balaban J connectivity index is 2.15. The second-order valence-corrected chi connectivity index (χ2v) is 5.40. The number of nitrogens with zero attached hydrogens (tertiary/aromatic N) is 1. The molecule has 0 bridgehead atoms. The fraction of sp³-hybridized carbons (Fsp3) is 0.105. The first-order valence-corrected chi connectivity index (χ1v) is 7.99. The Bertz CT molecular complexity index is 899. The van der Waals surface area contributed by atoms with E-state index in [9.17, 15) is 14.7 Å². The van der Waals surface area contributed by atoms with E-state index in [0.717, 1.165) is 6.08 Å². The second kappa shape index (κ2) is 9.74. The van der Waals surface area contributed by atoms with E-state index >= 15 is 0 Å². The second-order valence-electron chi connectivity index (χ2n) is 5.40. The van der Waals surface area contributed by atoms with Crippen LogP contribution >= 0.6 is 0 Å². The van der Waals surface area contributed by atoms with Gasteiger partial charge in [0.05, 0.1) is 26.0 Å². The zero-order valence-corrected chi connectivity index (χ0v) is 15.2. The Kier molecular flexibility index (Phi) is 7.12. The zero-order chi connectivity index (χ0) is 20.5. The highest BCUT2D eigenvalue weighted by atomic mass is 16.5. The van der Waals surface area contributed by atoms with Crippen LogP contribution in [0.5, 0.6) is 17.2 Å². The number of hydrogen-bond acceptors (Lipinski definition) is 7. The Morgan fingerprint density at radius 2 is 1.79 bits per heavy atom. The van der Waals surface area contributed by atoms with Gasteiger partial charge in [0.1, 0.15) is 17.2 Å². The van der Waals surface area contributed by atoms with Crippen molar-refractivity contribution >= 4 is 24.1 Å². The molecule has 0 saturated heterocycles. The average Bonchev–Trinajstić information content (AvgIpc) is 2.72. The Morgan fingerprint density at radius 3 is 2.39 bits per heavy atom. The SMILES string of the molecule is COc1cc(O)cc(OC)c1C=NNC(=O)c1cccc(C=CC(=O)NO)c1. The van der Waals surface area contributed by atoms with Gasteiger partial charge in [0, 0.05) is 23.8 Å². The maximum absolute atomic E-state index is 12.3. The molecule has 146 valence electrons. The van der Waals surface area contributed by atoms with Crippen LogP contribution in [0.25, 0.3) is 6.08 Å². The number of carbonyl (C=O) groups excluding carboxylic acids is 2. The lowest BCUT2D eigenvalue weighted by Crippen LogP contribution is -2.17. The molecular weight excluding hydrogens is 366 g/mol. The van der Waals surface area contributed by atoms with Crippen molar-refractivity contribution < 1.29 is 29.4 Å². The maximum Gasteiger partial charge on any atom is 0.271 e. The molecule has 0 aromatic heterocycles. The molecule has 2 aromatic carbocycles. The summed E-state index contributed by atoms with van der Waals surface area (Å²) in [4.78, 5) is 23.3. The van der Waals surface area contributed by atoms with Gasteiger partial charge in [-0.1, -0.05) is 12.1 Å². The summed E-state index contributed by atoms with van der Waals surface area (Å²) in [5, 5.41) is 22.0. The predicted octanol–water partition coefficient (Wildman–Crippen LogP) is 1.69. The molecule has 0 unspecified atom stereocenters. The standard InChI is InChI=1S/C19H19N3O6/c1-27-16-9-14(23)10-17(28-2)15(16)11-20-21-19(25)13-5-3-4-12(8-13)6-7-18(24)22-26/h3-11,23,26H,1-2H3,(H,21,25)(H,22,24). The minimum atomic E-state index is -0.684. The molecule has 0 saturated carbocycles. The molecule has 0 aliphatic carbocycles. The molecule has 0 heterocycles. The van der Waals surface area contributed by atoms with Gasteiger partial charge in [0.15, 0.2) is 0 Å². The maximum atomic E-state index is 12.3. The number of aromatic hydroxyl groups is 1. The summed E-state index contributed by atoms with van der Waals surface area (Å²) >= 11 is 0. The molecule has 0 atom stereocenters. The largest absolute Gasteiger partial charge is 0.508 e. The quantitative estimate of drug-likeness (QED) is 0.248. The van der Waals surface area contributed by atoms with Gasteiger partial charge >= 0.3 is 0 Å². The van der Waals surface area contributed by atoms with Crippen LogP contribution in [0.3, 0.4) is 0 Å². The number of benzene rings is 2. The molecule has 4 N–H and O–H groups in total. The number of ether oxygens (including phenoxy) is 2. The monoisotopic (exact) mass is 385 g/mol. The smallest absolute Gasteiger partial charge is 0.271 e. The van der Waals surface area contributed by atoms with Gasteiger partial charge < -0.3 is 14.6 Å². The molecule has 2 amide bonds. The first kappa shape index (κ1) is 20.5. The fourth-order valence-corrected chi connectivity index (χ4v) is 2.26. The molecule has 0 spiro atoms. The molecular formula is C19H19N3O6. The molecule has 0 aliphatic heterocycles. The molecule has 2 rings (SSSR count). The number of rotatable bonds is 7. The van der Waals surface area contributed by atoms with Gasteiger partial charge in [-0.05, 0) is 23.8 Å². The highest BCUT2D eigenvalue weighted by Crippen LogP contribution is 2.31. The van der Waals surface area contributed by atoms with Crippen LogP contribution in [-0.4, -0.2) is 42.6 Å². The predicted molar refractivity (Wildman–Crippen MR) is 102 cm³/mol. The van der Waals surface area contributed by atoms with Crippen molar-refractivity contribution in [3.05, 3.63) is 59.2 Å². The van der Waals surface area contributed by atoms with Gasteiger partial charge in [-0.15, -0.1) is 0 Å². The Hall–Kier alpha value is -3.85. The Morgan fingerprint density at radius 1 is 1.11 bits per heavy atom. The molecule has 0 fully saturated rings. The number of hydrogen-bond donors (Lipinski definition) is 4. The summed E-state index contributed by atoms with van der Waals surface area (Å²) in [6.45, 7) is 0. The number of phenols is 1. The zero-order valence-electron chi connectivity index (χ0n) is 15.2. The minimum absolute atomic E-state index is 0.0327. The molecule has 9 heteroatoms. The normalized spacial score (nSPS) is 10.8. The molecule has 0 aliphatic rings. The number of amides is 2. The molecule has 2 aromatic rings. The van der Waals surface area contributed by atoms with Crippen molar-refractivity contribution in [1.29, 1.82) is 0 Å². The summed E-state index contributed by atoms with van der Waals surface area (Å²) in [6.07, 6.45) is 3.90. The van der Waals surface area contributed by atoms with Crippen LogP contribution in [-0.2, 0) is 4.79 Å². The summed E-state index contributed by atoms with van der Waals surface area (Å²) < 4.78 is 10.4. The van der Waals surface area contributed by atoms with Crippen molar-refractivity contribution in [1.82, 2.24) is 10.9 Å². The third-order valence-electron chi connectivity index (χ3n) is 3.57. The van der Waals surface area contributed by atoms with Gasteiger partial charge in [-0.2, -0.15) is 5.10 Å². The lowest BCUT2D eigenvalue weighted by Gasteiger charge is -2.10. The topological polar surface area (TPSA) is 129 Å². The van der Waals surface area contributed by atoms with Gasteiger partial charge in [-0.25, -0.2) is 10.9 Å². The van der Waals surface area contributed by atoms with Crippen molar-refractivity contribution in [2.75, 3.05) is 14.2 Å². The number of hydrazone groups is 1. The third-order valence-corrected chi connectivity index (χ3v) is 3.57. The van der Waals surface area contributed by atoms with E-state index in [2.05, 4.69) is 10.5 Å². The van der Waals surface area contributed by atoms with E-state index in [4.69, 9.17) is 14.7 Å². The van der Waals surface area contributed by atoms with Crippen LogP contribution in [0.1, 0.15) is 21.5 Å². The first-order valence-electron chi connectivity index (χ1n) is 7.99. The number of nitrogens with one attached hydrogen (secondary N) is 2. The number of phenolic OH excluding ortho intramolecular Hbond substituents is 1. The summed E-state index contributed by atoms with van der Waals surface area (Å²) in [5.74, 6) is -0.547. The lowest BCUT2D eigenvalue weighted by atomic mass is 10.1. The van der Waals surface area contributed by atoms with Crippen molar-refractivity contribution in [2.45, 2.75) is 0 Å². The van der Waals surface area contributed by atoms with Crippen LogP contribution < -0.4 is 20.4 Å². The van der Waals surface area contributed by atoms with Crippen LogP contribution in [0.15, 0.2) is 47.6 Å². The number of methoxy groups -OCH3 is 2. The highest BCUT2D eigenvalue weighted by Gasteiger charge is 2.11. The van der Waals surface area contributed by atoms with Crippen LogP contribution in [0.2, 0.25) is 0 Å². The summed E-state index contributed by atoms with van der Waals surface area (Å²) in [5.41, 5.74) is 5.20. The third kappa shape index (κ3) is 5.32. The van der Waals surface area contributed by atoms with Gasteiger partial charge in [-0.3, -0.25) is 14.8 Å². The first-order chi connectivity index (χ1) is 13.5. The summed E-state index contributed by atoms with van der Waals surface area (Å²) in [6, 6.07) is 9.24.